The van der Waals surface area contributed by atoms with E-state index in [4.69, 9.17) is 4.74 Å². The topological polar surface area (TPSA) is 70.7 Å². The predicted molar refractivity (Wildman–Crippen MR) is 75.2 cm³/mol. The fraction of sp³-hybridized carbons (Fsp3) is 0.857. The second-order valence-corrected chi connectivity index (χ2v) is 5.86. The Labute approximate surface area is 120 Å². The highest BCUT2D eigenvalue weighted by molar-refractivity contribution is 5.88. The molecule has 0 aromatic carbocycles. The highest BCUT2D eigenvalue weighted by Crippen LogP contribution is 2.10. The van der Waals surface area contributed by atoms with E-state index in [1.165, 1.54) is 0 Å². The summed E-state index contributed by atoms with van der Waals surface area (Å²) in [4.78, 5) is 25.9. The van der Waals surface area contributed by atoms with E-state index in [2.05, 4.69) is 15.5 Å². The van der Waals surface area contributed by atoms with Crippen LogP contribution in [0.25, 0.3) is 0 Å². The molecular weight excluding hydrogens is 258 g/mol. The zero-order valence-corrected chi connectivity index (χ0v) is 12.4. The highest BCUT2D eigenvalue weighted by Gasteiger charge is 2.26. The molecule has 0 radical (unpaired) electrons. The lowest BCUT2D eigenvalue weighted by Crippen LogP contribution is -2.52. The average molecular weight is 283 g/mol. The van der Waals surface area contributed by atoms with Gasteiger partial charge in [0.05, 0.1) is 18.8 Å². The number of ether oxygens (including phenoxy) is 1. The normalized spacial score (nSPS) is 32.3. The number of carbonyl (C=O) groups is 2. The predicted octanol–water partition coefficient (Wildman–Crippen LogP) is -0.119. The largest absolute Gasteiger partial charge is 0.373 e. The number of hydrogen-bond donors (Lipinski definition) is 2. The number of nitrogens with one attached hydrogen (secondary N) is 2. The Morgan fingerprint density at radius 2 is 2.05 bits per heavy atom. The summed E-state index contributed by atoms with van der Waals surface area (Å²) in [6.07, 6.45) is 2.97. The van der Waals surface area contributed by atoms with Crippen molar-refractivity contribution in [2.45, 2.75) is 51.4 Å². The van der Waals surface area contributed by atoms with Crippen LogP contribution in [0, 0.1) is 0 Å². The molecule has 0 saturated carbocycles. The quantitative estimate of drug-likeness (QED) is 0.757. The third-order valence-electron chi connectivity index (χ3n) is 3.73. The molecule has 3 atom stereocenters. The SMILES string of the molecule is CC1CN(CC(=O)NC2CCCCNC2=O)CC(C)O1. The van der Waals surface area contributed by atoms with Crippen molar-refractivity contribution in [3.8, 4) is 0 Å². The van der Waals surface area contributed by atoms with Gasteiger partial charge in [-0.25, -0.2) is 0 Å². The smallest absolute Gasteiger partial charge is 0.242 e. The molecule has 0 spiro atoms. The molecule has 2 aliphatic rings. The van der Waals surface area contributed by atoms with Gasteiger partial charge in [-0.15, -0.1) is 0 Å². The second-order valence-electron chi connectivity index (χ2n) is 5.86. The number of amides is 2. The molecule has 3 unspecified atom stereocenters. The van der Waals surface area contributed by atoms with Crippen molar-refractivity contribution in [3.63, 3.8) is 0 Å². The van der Waals surface area contributed by atoms with Gasteiger partial charge in [0, 0.05) is 19.6 Å². The van der Waals surface area contributed by atoms with Gasteiger partial charge in [-0.3, -0.25) is 14.5 Å². The summed E-state index contributed by atoms with van der Waals surface area (Å²) in [6, 6.07) is -0.374. The molecule has 0 aromatic rings. The molecular formula is C14H25N3O3. The van der Waals surface area contributed by atoms with Crippen LogP contribution in [0.15, 0.2) is 0 Å². The van der Waals surface area contributed by atoms with Crippen LogP contribution in [-0.2, 0) is 14.3 Å². The van der Waals surface area contributed by atoms with E-state index in [9.17, 15) is 9.59 Å². The van der Waals surface area contributed by atoms with Crippen molar-refractivity contribution in [1.29, 1.82) is 0 Å². The van der Waals surface area contributed by atoms with Crippen LogP contribution in [0.5, 0.6) is 0 Å². The number of carbonyl (C=O) groups excluding carboxylic acids is 2. The Hall–Kier alpha value is -1.14. The first kappa shape index (κ1) is 15.3. The molecule has 6 heteroatoms. The maximum atomic E-state index is 12.1. The van der Waals surface area contributed by atoms with Gasteiger partial charge in [0.25, 0.3) is 0 Å². The summed E-state index contributed by atoms with van der Waals surface area (Å²) < 4.78 is 5.64. The van der Waals surface area contributed by atoms with Gasteiger partial charge >= 0.3 is 0 Å². The van der Waals surface area contributed by atoms with E-state index in [1.54, 1.807) is 0 Å². The summed E-state index contributed by atoms with van der Waals surface area (Å²) in [5.41, 5.74) is 0. The summed E-state index contributed by atoms with van der Waals surface area (Å²) in [5, 5.41) is 5.68. The van der Waals surface area contributed by atoms with Crippen LogP contribution in [0.4, 0.5) is 0 Å². The Bertz CT molecular complexity index is 352. The molecule has 2 rings (SSSR count). The monoisotopic (exact) mass is 283 g/mol. The molecule has 2 saturated heterocycles. The van der Waals surface area contributed by atoms with Crippen molar-refractivity contribution >= 4 is 11.8 Å². The van der Waals surface area contributed by atoms with Crippen molar-refractivity contribution < 1.29 is 14.3 Å². The van der Waals surface area contributed by atoms with Crippen molar-refractivity contribution in [2.75, 3.05) is 26.2 Å². The van der Waals surface area contributed by atoms with E-state index >= 15 is 0 Å². The van der Waals surface area contributed by atoms with Crippen molar-refractivity contribution in [1.82, 2.24) is 15.5 Å². The first-order valence-corrected chi connectivity index (χ1v) is 7.49. The third kappa shape index (κ3) is 4.45. The Morgan fingerprint density at radius 1 is 1.35 bits per heavy atom. The van der Waals surface area contributed by atoms with E-state index in [1.807, 2.05) is 13.8 Å². The average Bonchev–Trinajstić information content (AvgIpc) is 2.53. The van der Waals surface area contributed by atoms with Crippen LogP contribution < -0.4 is 10.6 Å². The molecule has 2 heterocycles. The first-order valence-electron chi connectivity index (χ1n) is 7.49. The van der Waals surface area contributed by atoms with Crippen molar-refractivity contribution in [2.24, 2.45) is 0 Å². The van der Waals surface area contributed by atoms with Gasteiger partial charge in [-0.1, -0.05) is 0 Å². The van der Waals surface area contributed by atoms with Gasteiger partial charge in [0.15, 0.2) is 0 Å². The Balaban J connectivity index is 1.80. The van der Waals surface area contributed by atoms with Crippen LogP contribution in [0.1, 0.15) is 33.1 Å². The summed E-state index contributed by atoms with van der Waals surface area (Å²) in [6.45, 7) is 6.59. The van der Waals surface area contributed by atoms with Gasteiger partial charge < -0.3 is 15.4 Å². The Morgan fingerprint density at radius 3 is 2.75 bits per heavy atom. The lowest BCUT2D eigenvalue weighted by atomic mass is 10.1. The molecule has 20 heavy (non-hydrogen) atoms. The molecule has 2 aliphatic heterocycles. The van der Waals surface area contributed by atoms with E-state index in [0.29, 0.717) is 13.1 Å². The van der Waals surface area contributed by atoms with Crippen molar-refractivity contribution in [3.05, 3.63) is 0 Å². The molecule has 2 amide bonds. The molecule has 114 valence electrons. The first-order chi connectivity index (χ1) is 9.54. The van der Waals surface area contributed by atoms with Gasteiger partial charge in [0.1, 0.15) is 6.04 Å². The maximum absolute atomic E-state index is 12.1. The Kier molecular flexibility index (Phi) is 5.37. The zero-order valence-electron chi connectivity index (χ0n) is 12.4. The lowest BCUT2D eigenvalue weighted by molar-refractivity contribution is -0.131. The van der Waals surface area contributed by atoms with Crippen LogP contribution in [0.2, 0.25) is 0 Å². The molecule has 6 nitrogen and oxygen atoms in total. The van der Waals surface area contributed by atoms with Gasteiger partial charge in [-0.05, 0) is 33.1 Å². The number of nitrogens with zero attached hydrogens (tertiary/aromatic N) is 1. The zero-order chi connectivity index (χ0) is 14.5. The summed E-state index contributed by atoms with van der Waals surface area (Å²) >= 11 is 0. The lowest BCUT2D eigenvalue weighted by Gasteiger charge is -2.35. The highest BCUT2D eigenvalue weighted by atomic mass is 16.5. The standard InChI is InChI=1S/C14H25N3O3/c1-10-7-17(8-11(2)20-10)9-13(18)16-12-5-3-4-6-15-14(12)19/h10-12H,3-9H2,1-2H3,(H,15,19)(H,16,18). The molecule has 2 fully saturated rings. The molecule has 0 aromatic heterocycles. The minimum atomic E-state index is -0.374. The number of morpholine rings is 1. The molecule has 0 aliphatic carbocycles. The minimum Gasteiger partial charge on any atom is -0.373 e. The number of rotatable bonds is 3. The summed E-state index contributed by atoms with van der Waals surface area (Å²) in [5.74, 6) is -0.132. The number of hydrogen-bond acceptors (Lipinski definition) is 4. The molecule has 0 bridgehead atoms. The second kappa shape index (κ2) is 7.04. The van der Waals surface area contributed by atoms with Gasteiger partial charge in [-0.2, -0.15) is 0 Å². The fourth-order valence-electron chi connectivity index (χ4n) is 2.93. The minimum absolute atomic E-state index is 0.0560. The molecule has 2 N–H and O–H groups in total. The van der Waals surface area contributed by atoms with E-state index in [0.717, 1.165) is 32.4 Å². The van der Waals surface area contributed by atoms with Crippen LogP contribution in [-0.4, -0.2) is 61.1 Å². The fourth-order valence-corrected chi connectivity index (χ4v) is 2.93. The maximum Gasteiger partial charge on any atom is 0.242 e. The van der Waals surface area contributed by atoms with Gasteiger partial charge in [0.2, 0.25) is 11.8 Å². The van der Waals surface area contributed by atoms with Crippen LogP contribution >= 0.6 is 0 Å². The third-order valence-corrected chi connectivity index (χ3v) is 3.73. The van der Waals surface area contributed by atoms with Crippen LogP contribution in [0.3, 0.4) is 0 Å². The summed E-state index contributed by atoms with van der Waals surface area (Å²) in [7, 11) is 0. The van der Waals surface area contributed by atoms with E-state index < -0.39 is 0 Å². The van der Waals surface area contributed by atoms with E-state index in [-0.39, 0.29) is 30.1 Å².